The molecule has 0 radical (unpaired) electrons. The summed E-state index contributed by atoms with van der Waals surface area (Å²) in [5.41, 5.74) is 23.5. The van der Waals surface area contributed by atoms with Gasteiger partial charge in [0.2, 0.25) is 94.5 Å². The van der Waals surface area contributed by atoms with Gasteiger partial charge in [-0.15, -0.1) is 0 Å². The summed E-state index contributed by atoms with van der Waals surface area (Å²) in [6, 6.07) is -7.95. The molecule has 4 rings (SSSR count). The third-order valence-electron chi connectivity index (χ3n) is 16.9. The highest BCUT2D eigenvalue weighted by molar-refractivity contribution is 7.98. The number of nitrogens with two attached hydrogens (primary N) is 4. The SMILES string of the molecule is CSCCC(NC(=O)C(CC(C)C)NC(=O)C(Cc1cnc[nH]1)NC(=O)CNC(=O)C(NC(=O)C(C)NC(=O)C(Cc1c[nH]c2ccccc12)NC(=O)C(CCC(N)=O)NC(=O)C(NC(=O)CNC(=O)C(CC(C)C)NC(=O)C(CCCN=C(N)N)NC(=O)CNC(=O)C1CCC(=O)N1)C(C)O)C(C)C)C(N)=O. The highest BCUT2D eigenvalue weighted by Crippen LogP contribution is 2.20. The zero-order chi connectivity index (χ0) is 80.5. The van der Waals surface area contributed by atoms with Gasteiger partial charge in [-0.1, -0.05) is 59.7 Å². The van der Waals surface area contributed by atoms with Crippen LogP contribution in [0.15, 0.2) is 48.0 Å². The number of guanidine groups is 1. The lowest BCUT2D eigenvalue weighted by atomic mass is 10.0. The predicted octanol–water partition coefficient (Wildman–Crippen LogP) is -6.14. The molecule has 1 aliphatic rings. The Morgan fingerprint density at radius 3 is 1.68 bits per heavy atom. The Balaban J connectivity index is 1.47. The average Bonchev–Trinajstić information content (AvgIpc) is 1.60. The van der Waals surface area contributed by atoms with Gasteiger partial charge in [0.15, 0.2) is 5.96 Å². The molecule has 1 fully saturated rings. The second-order valence-electron chi connectivity index (χ2n) is 27.3. The van der Waals surface area contributed by atoms with Gasteiger partial charge < -0.3 is 112 Å². The van der Waals surface area contributed by atoms with E-state index in [1.807, 2.05) is 20.1 Å². The van der Waals surface area contributed by atoms with Crippen LogP contribution in [0.4, 0.5) is 0 Å². The molecule has 2 aromatic heterocycles. The smallest absolute Gasteiger partial charge is 0.245 e. The number of benzene rings is 1. The molecule has 16 amide bonds. The Kier molecular flexibility index (Phi) is 37.2. The van der Waals surface area contributed by atoms with E-state index in [9.17, 15) is 81.8 Å². The predicted molar refractivity (Wildman–Crippen MR) is 395 cm³/mol. The molecule has 12 unspecified atom stereocenters. The topological polar surface area (TPSA) is 623 Å². The third-order valence-corrected chi connectivity index (χ3v) is 17.5. The molecule has 40 heteroatoms. The van der Waals surface area contributed by atoms with Crippen LogP contribution in [0.5, 0.6) is 0 Å². The lowest BCUT2D eigenvalue weighted by Gasteiger charge is -2.27. The van der Waals surface area contributed by atoms with Gasteiger partial charge >= 0.3 is 0 Å². The van der Waals surface area contributed by atoms with Crippen molar-refractivity contribution in [3.8, 4) is 0 Å². The van der Waals surface area contributed by atoms with E-state index in [2.05, 4.69) is 94.4 Å². The maximum Gasteiger partial charge on any atom is 0.245 e. The number of imidazole rings is 1. The Morgan fingerprint density at radius 1 is 0.574 bits per heavy atom. The summed E-state index contributed by atoms with van der Waals surface area (Å²) in [5, 5.41) is 46.6. The molecule has 1 aromatic carbocycles. The fourth-order valence-corrected chi connectivity index (χ4v) is 11.6. The Bertz CT molecular complexity index is 3660. The van der Waals surface area contributed by atoms with E-state index in [0.717, 1.165) is 6.92 Å². The van der Waals surface area contributed by atoms with E-state index in [0.29, 0.717) is 27.9 Å². The molecule has 1 aliphatic heterocycles. The number of nitrogens with one attached hydrogen (secondary N) is 16. The molecule has 0 saturated carbocycles. The van der Waals surface area contributed by atoms with Crippen molar-refractivity contribution in [1.29, 1.82) is 0 Å². The number of hydrogen-bond donors (Lipinski definition) is 21. The second kappa shape index (κ2) is 44.9. The minimum Gasteiger partial charge on any atom is -0.391 e. The number of para-hydroxylation sites is 1. The first-order chi connectivity index (χ1) is 51.0. The standard InChI is InChI=1S/C68H106N22O17S/c1-33(2)23-46(86-61(101)43(15-12-21-74-68(71)72)82-52(94)29-76-59(99)44-17-19-51(93)81-44)60(100)77-31-54(96)89-56(37(8)91)67(107)85-45(16-18-50(69)92)62(102)88-48(25-38-27-75-41-14-11-10-13-40(38)41)63(103)80-36(7)58(98)90-55(35(5)6)66(106)78-30-53(95)83-49(26-39-28-73-32-79-39)65(105)87-47(24-34(3)4)64(104)84-42(57(70)97)20-22-108-9/h10-11,13-14,27-28,32-37,42-49,55-56,75,91H,12,15-26,29-31H2,1-9H3,(H2,69,92)(H2,70,97)(H,73,79)(H,76,99)(H,77,100)(H,78,106)(H,80,103)(H,81,93)(H,82,94)(H,83,95)(H,84,104)(H,85,107)(H,86,101)(H,87,105)(H,88,102)(H,89,96)(H,90,98)(H4,71,72,74). The zero-order valence-electron chi connectivity index (χ0n) is 62.1. The number of carbonyl (C=O) groups excluding carboxylic acids is 16. The molecule has 0 aliphatic carbocycles. The minimum atomic E-state index is -1.85. The number of aliphatic hydroxyl groups excluding tert-OH is 1. The van der Waals surface area contributed by atoms with E-state index in [1.165, 1.54) is 31.2 Å². The van der Waals surface area contributed by atoms with E-state index in [4.69, 9.17) is 22.9 Å². The first-order valence-electron chi connectivity index (χ1n) is 35.4. The van der Waals surface area contributed by atoms with Crippen LogP contribution in [0, 0.1) is 17.8 Å². The zero-order valence-corrected chi connectivity index (χ0v) is 62.9. The maximum absolute atomic E-state index is 14.5. The summed E-state index contributed by atoms with van der Waals surface area (Å²) in [6.07, 6.45) is 3.91. The summed E-state index contributed by atoms with van der Waals surface area (Å²) in [5.74, 6) is -14.2. The largest absolute Gasteiger partial charge is 0.391 e. The molecule has 596 valence electrons. The molecule has 0 spiro atoms. The number of carbonyl (C=O) groups is 16. The van der Waals surface area contributed by atoms with E-state index in [1.54, 1.807) is 58.2 Å². The molecule has 3 aromatic rings. The lowest BCUT2D eigenvalue weighted by molar-refractivity contribution is -0.136. The van der Waals surface area contributed by atoms with Gasteiger partial charge in [-0.2, -0.15) is 11.8 Å². The van der Waals surface area contributed by atoms with Crippen LogP contribution in [-0.2, 0) is 89.6 Å². The van der Waals surface area contributed by atoms with Crippen molar-refractivity contribution in [2.45, 2.75) is 199 Å². The number of primary amides is 2. The number of fused-ring (bicyclic) bond motifs is 1. The highest BCUT2D eigenvalue weighted by Gasteiger charge is 2.37. The number of rotatable bonds is 47. The Labute approximate surface area is 628 Å². The number of aromatic amines is 2. The number of thioether (sulfide) groups is 1. The van der Waals surface area contributed by atoms with E-state index in [-0.39, 0.29) is 88.0 Å². The first-order valence-corrected chi connectivity index (χ1v) is 36.8. The number of H-pyrrole nitrogens is 2. The van der Waals surface area contributed by atoms with Crippen molar-refractivity contribution < 1.29 is 81.8 Å². The summed E-state index contributed by atoms with van der Waals surface area (Å²) in [6.45, 7) is 10.6. The molecule has 108 heavy (non-hydrogen) atoms. The summed E-state index contributed by atoms with van der Waals surface area (Å²) >= 11 is 1.44. The van der Waals surface area contributed by atoms with Crippen molar-refractivity contribution in [3.63, 3.8) is 0 Å². The van der Waals surface area contributed by atoms with Crippen LogP contribution < -0.4 is 97.4 Å². The summed E-state index contributed by atoms with van der Waals surface area (Å²) in [7, 11) is 0. The van der Waals surface area contributed by atoms with Gasteiger partial charge in [-0.3, -0.25) is 81.7 Å². The number of amides is 16. The van der Waals surface area contributed by atoms with Gasteiger partial charge in [-0.05, 0) is 100 Å². The third kappa shape index (κ3) is 31.3. The van der Waals surface area contributed by atoms with Gasteiger partial charge in [-0.25, -0.2) is 4.98 Å². The Hall–Kier alpha value is -10.9. The Morgan fingerprint density at radius 2 is 1.11 bits per heavy atom. The van der Waals surface area contributed by atoms with Crippen LogP contribution in [0.1, 0.15) is 124 Å². The van der Waals surface area contributed by atoms with E-state index >= 15 is 0 Å². The average molecular weight is 1540 g/mol. The van der Waals surface area contributed by atoms with Crippen molar-refractivity contribution in [2.24, 2.45) is 45.7 Å². The van der Waals surface area contributed by atoms with Crippen LogP contribution in [0.2, 0.25) is 0 Å². The fraction of sp³-hybridized carbons (Fsp3) is 0.588. The number of aliphatic imine (C=N–C) groups is 1. The molecular weight excluding hydrogens is 1430 g/mol. The number of nitrogens with zero attached hydrogens (tertiary/aromatic N) is 2. The molecule has 1 saturated heterocycles. The normalized spacial score (nSPS) is 15.6. The van der Waals surface area contributed by atoms with Crippen LogP contribution in [0.25, 0.3) is 10.9 Å². The van der Waals surface area contributed by atoms with Crippen LogP contribution >= 0.6 is 11.8 Å². The monoisotopic (exact) mass is 1530 g/mol. The van der Waals surface area contributed by atoms with Crippen molar-refractivity contribution >= 4 is 123 Å². The quantitative estimate of drug-likeness (QED) is 0.0142. The molecule has 0 bridgehead atoms. The minimum absolute atomic E-state index is 0.00529. The summed E-state index contributed by atoms with van der Waals surface area (Å²) in [4.78, 5) is 229. The molecule has 39 nitrogen and oxygen atoms in total. The van der Waals surface area contributed by atoms with Crippen molar-refractivity contribution in [2.75, 3.05) is 38.2 Å². The molecule has 3 heterocycles. The van der Waals surface area contributed by atoms with Crippen molar-refractivity contribution in [3.05, 3.63) is 54.2 Å². The van der Waals surface area contributed by atoms with Gasteiger partial charge in [0, 0.05) is 61.2 Å². The maximum atomic E-state index is 14.5. The second-order valence-corrected chi connectivity index (χ2v) is 28.3. The molecule has 25 N–H and O–H groups in total. The molecule has 12 atom stereocenters. The number of aliphatic hydroxyl groups is 1. The van der Waals surface area contributed by atoms with Crippen LogP contribution in [-0.4, -0.2) is 231 Å². The van der Waals surface area contributed by atoms with E-state index < -0.39 is 200 Å². The van der Waals surface area contributed by atoms with Gasteiger partial charge in [0.05, 0.1) is 32.1 Å². The number of hydrogen-bond acceptors (Lipinski definition) is 20. The number of aromatic nitrogens is 3. The first kappa shape index (κ1) is 89.5. The van der Waals surface area contributed by atoms with Crippen molar-refractivity contribution in [1.82, 2.24) is 89.4 Å². The van der Waals surface area contributed by atoms with Crippen LogP contribution in [0.3, 0.4) is 0 Å². The van der Waals surface area contributed by atoms with Gasteiger partial charge in [0.25, 0.3) is 0 Å². The van der Waals surface area contributed by atoms with Gasteiger partial charge in [0.1, 0.15) is 66.5 Å². The fourth-order valence-electron chi connectivity index (χ4n) is 11.1. The molecular formula is C68H106N22O17S. The summed E-state index contributed by atoms with van der Waals surface area (Å²) < 4.78 is 0. The highest BCUT2D eigenvalue weighted by atomic mass is 32.2. The lowest BCUT2D eigenvalue weighted by Crippen LogP contribution is -2.61.